The molecule has 0 rings (SSSR count). The summed E-state index contributed by atoms with van der Waals surface area (Å²) in [5.74, 6) is 0. The summed E-state index contributed by atoms with van der Waals surface area (Å²) in [7, 11) is -2.24. The van der Waals surface area contributed by atoms with Gasteiger partial charge in [-0.15, -0.1) is 0 Å². The molecule has 0 spiro atoms. The minimum Gasteiger partial charge on any atom is -0.413 e. The van der Waals surface area contributed by atoms with E-state index >= 15 is 0 Å². The molecule has 0 radical (unpaired) electrons. The van der Waals surface area contributed by atoms with Gasteiger partial charge >= 0.3 is 9.28 Å². The summed E-state index contributed by atoms with van der Waals surface area (Å²) in [4.78, 5) is 17.4. The minimum absolute atomic E-state index is 0.674. The maximum Gasteiger partial charge on any atom is 0.315 e. The van der Waals surface area contributed by atoms with E-state index in [9.17, 15) is 0 Å². The molecule has 0 unspecified atom stereocenters. The number of unbranched alkanes of at least 4 members (excludes halogenated alkanes) is 6. The summed E-state index contributed by atoms with van der Waals surface area (Å²) in [5.41, 5.74) is 0. The quantitative estimate of drug-likeness (QED) is 0.453. The fourth-order valence-corrected chi connectivity index (χ4v) is 1.94. The SMILES string of the molecule is CCCCCCCCC[SiH](O)O. The van der Waals surface area contributed by atoms with Gasteiger partial charge in [-0.25, -0.2) is 0 Å². The van der Waals surface area contributed by atoms with Gasteiger partial charge in [-0.3, -0.25) is 0 Å². The highest BCUT2D eigenvalue weighted by Crippen LogP contribution is 2.08. The van der Waals surface area contributed by atoms with Crippen LogP contribution in [0.1, 0.15) is 51.9 Å². The van der Waals surface area contributed by atoms with Crippen LogP contribution in [-0.2, 0) is 0 Å². The Morgan fingerprint density at radius 3 is 1.83 bits per heavy atom. The maximum atomic E-state index is 8.69. The Morgan fingerprint density at radius 2 is 1.33 bits per heavy atom. The molecule has 2 nitrogen and oxygen atoms in total. The van der Waals surface area contributed by atoms with Gasteiger partial charge < -0.3 is 9.59 Å². The van der Waals surface area contributed by atoms with Crippen LogP contribution in [-0.4, -0.2) is 18.9 Å². The molecule has 3 heteroatoms. The van der Waals surface area contributed by atoms with Crippen LogP contribution < -0.4 is 0 Å². The van der Waals surface area contributed by atoms with Gasteiger partial charge in [0, 0.05) is 0 Å². The molecule has 0 aromatic carbocycles. The molecule has 0 saturated carbocycles. The van der Waals surface area contributed by atoms with Gasteiger partial charge in [0.05, 0.1) is 0 Å². The van der Waals surface area contributed by atoms with Gasteiger partial charge in [-0.05, 0) is 6.04 Å². The maximum absolute atomic E-state index is 8.69. The van der Waals surface area contributed by atoms with Crippen LogP contribution in [0.15, 0.2) is 0 Å². The highest BCUT2D eigenvalue weighted by molar-refractivity contribution is 6.40. The molecule has 0 amide bonds. The summed E-state index contributed by atoms with van der Waals surface area (Å²) >= 11 is 0. The van der Waals surface area contributed by atoms with Gasteiger partial charge in [-0.1, -0.05) is 51.9 Å². The van der Waals surface area contributed by atoms with Crippen LogP contribution in [0, 0.1) is 0 Å². The lowest BCUT2D eigenvalue weighted by atomic mass is 10.1. The second-order valence-electron chi connectivity index (χ2n) is 3.39. The first-order chi connectivity index (χ1) is 5.77. The molecular weight excluding hydrogens is 168 g/mol. The topological polar surface area (TPSA) is 40.5 Å². The Bertz CT molecular complexity index is 86.6. The summed E-state index contributed by atoms with van der Waals surface area (Å²) in [6.07, 6.45) is 8.75. The third-order valence-electron chi connectivity index (χ3n) is 2.07. The van der Waals surface area contributed by atoms with Crippen LogP contribution >= 0.6 is 0 Å². The van der Waals surface area contributed by atoms with E-state index in [-0.39, 0.29) is 0 Å². The van der Waals surface area contributed by atoms with E-state index in [2.05, 4.69) is 6.92 Å². The van der Waals surface area contributed by atoms with Crippen molar-refractivity contribution in [3.8, 4) is 0 Å². The Morgan fingerprint density at radius 1 is 0.833 bits per heavy atom. The van der Waals surface area contributed by atoms with Crippen molar-refractivity contribution in [1.29, 1.82) is 0 Å². The van der Waals surface area contributed by atoms with E-state index in [4.69, 9.17) is 9.59 Å². The van der Waals surface area contributed by atoms with Crippen LogP contribution in [0.5, 0.6) is 0 Å². The van der Waals surface area contributed by atoms with Crippen LogP contribution in [0.3, 0.4) is 0 Å². The Balaban J connectivity index is 2.82. The largest absolute Gasteiger partial charge is 0.413 e. The van der Waals surface area contributed by atoms with Crippen molar-refractivity contribution in [2.75, 3.05) is 0 Å². The molecule has 0 aromatic rings. The molecule has 0 aliphatic carbocycles. The highest BCUT2D eigenvalue weighted by atomic mass is 28.3. The Kier molecular flexibility index (Phi) is 9.33. The second-order valence-corrected chi connectivity index (χ2v) is 4.93. The van der Waals surface area contributed by atoms with Gasteiger partial charge in [0.25, 0.3) is 0 Å². The molecule has 74 valence electrons. The number of rotatable bonds is 8. The average molecular weight is 190 g/mol. The third-order valence-corrected chi connectivity index (χ3v) is 2.99. The monoisotopic (exact) mass is 190 g/mol. The van der Waals surface area contributed by atoms with Crippen molar-refractivity contribution in [2.45, 2.75) is 57.9 Å². The van der Waals surface area contributed by atoms with Gasteiger partial charge in [0.15, 0.2) is 0 Å². The highest BCUT2D eigenvalue weighted by Gasteiger charge is 1.99. The van der Waals surface area contributed by atoms with E-state index in [1.54, 1.807) is 0 Å². The van der Waals surface area contributed by atoms with E-state index < -0.39 is 9.28 Å². The molecule has 0 aromatic heterocycles. The first kappa shape index (κ1) is 12.1. The van der Waals surface area contributed by atoms with Crippen molar-refractivity contribution in [3.63, 3.8) is 0 Å². The first-order valence-electron chi connectivity index (χ1n) is 5.13. The van der Waals surface area contributed by atoms with Crippen molar-refractivity contribution in [2.24, 2.45) is 0 Å². The van der Waals surface area contributed by atoms with E-state index in [1.807, 2.05) is 0 Å². The van der Waals surface area contributed by atoms with Gasteiger partial charge in [0.1, 0.15) is 0 Å². The molecule has 0 aliphatic heterocycles. The predicted octanol–water partition coefficient (Wildman–Crippen LogP) is 1.94. The van der Waals surface area contributed by atoms with Crippen molar-refractivity contribution < 1.29 is 9.59 Å². The van der Waals surface area contributed by atoms with E-state index in [1.165, 1.54) is 38.5 Å². The number of hydrogen-bond acceptors (Lipinski definition) is 2. The molecule has 0 aliphatic rings. The zero-order valence-electron chi connectivity index (χ0n) is 8.13. The summed E-state index contributed by atoms with van der Waals surface area (Å²) < 4.78 is 0. The molecule has 2 N–H and O–H groups in total. The Labute approximate surface area is 77.5 Å². The molecule has 0 atom stereocenters. The average Bonchev–Trinajstić information content (AvgIpc) is 2.02. The molecule has 0 saturated heterocycles. The summed E-state index contributed by atoms with van der Waals surface area (Å²) in [6.45, 7) is 2.22. The zero-order valence-corrected chi connectivity index (χ0v) is 9.28. The first-order valence-corrected chi connectivity index (χ1v) is 6.98. The van der Waals surface area contributed by atoms with Gasteiger partial charge in [0.2, 0.25) is 0 Å². The fraction of sp³-hybridized carbons (Fsp3) is 1.00. The molecule has 12 heavy (non-hydrogen) atoms. The number of hydrogen-bond donors (Lipinski definition) is 2. The van der Waals surface area contributed by atoms with Gasteiger partial charge in [-0.2, -0.15) is 0 Å². The lowest BCUT2D eigenvalue weighted by Crippen LogP contribution is -2.09. The molecular formula is C9H22O2Si. The zero-order chi connectivity index (χ0) is 9.23. The summed E-state index contributed by atoms with van der Waals surface area (Å²) in [5, 5.41) is 0. The molecule has 0 fully saturated rings. The summed E-state index contributed by atoms with van der Waals surface area (Å²) in [6, 6.07) is 0.674. The smallest absolute Gasteiger partial charge is 0.315 e. The standard InChI is InChI=1S/C9H22O2Si/c1-2-3-4-5-6-7-8-9-12(10)11/h10-12H,2-9H2,1H3. The molecule has 0 heterocycles. The predicted molar refractivity (Wildman–Crippen MR) is 54.4 cm³/mol. The van der Waals surface area contributed by atoms with E-state index in [0.717, 1.165) is 6.42 Å². The third kappa shape index (κ3) is 10.1. The van der Waals surface area contributed by atoms with Crippen molar-refractivity contribution in [3.05, 3.63) is 0 Å². The normalized spacial score (nSPS) is 11.0. The lowest BCUT2D eigenvalue weighted by Gasteiger charge is -2.01. The van der Waals surface area contributed by atoms with Crippen LogP contribution in [0.25, 0.3) is 0 Å². The Hall–Kier alpha value is 0.137. The van der Waals surface area contributed by atoms with Crippen LogP contribution in [0.2, 0.25) is 6.04 Å². The fourth-order valence-electron chi connectivity index (χ4n) is 1.28. The second kappa shape index (κ2) is 9.23. The minimum atomic E-state index is -2.24. The lowest BCUT2D eigenvalue weighted by molar-refractivity contribution is 0.401. The van der Waals surface area contributed by atoms with Crippen molar-refractivity contribution in [1.82, 2.24) is 0 Å². The van der Waals surface area contributed by atoms with Crippen LogP contribution in [0.4, 0.5) is 0 Å². The van der Waals surface area contributed by atoms with Crippen molar-refractivity contribution >= 4 is 9.28 Å². The molecule has 0 bridgehead atoms. The van der Waals surface area contributed by atoms with E-state index in [0.29, 0.717) is 6.04 Å².